The minimum absolute atomic E-state index is 0.0455. The summed E-state index contributed by atoms with van der Waals surface area (Å²) in [6.07, 6.45) is 0. The number of carbonyl (C=O) groups excluding carboxylic acids is 1. The number of carbonyl (C=O) groups is 1. The fourth-order valence-corrected chi connectivity index (χ4v) is 1.69. The number of aromatic hydroxyl groups is 2. The number of rotatable bonds is 2. The Labute approximate surface area is 91.9 Å². The Morgan fingerprint density at radius 3 is 2.56 bits per heavy atom. The summed E-state index contributed by atoms with van der Waals surface area (Å²) in [6, 6.07) is 7.77. The van der Waals surface area contributed by atoms with Gasteiger partial charge in [-0.3, -0.25) is 4.79 Å². The second-order valence-corrected chi connectivity index (χ2v) is 3.49. The topological polar surface area (TPSA) is 83.6 Å². The number of benzene rings is 2. The molecule has 0 aliphatic rings. The summed E-state index contributed by atoms with van der Waals surface area (Å²) in [7, 11) is 0. The molecule has 0 radical (unpaired) electrons. The molecule has 4 heteroatoms. The van der Waals surface area contributed by atoms with Crippen LogP contribution in [0.2, 0.25) is 0 Å². The third kappa shape index (κ3) is 1.59. The Morgan fingerprint density at radius 2 is 1.88 bits per heavy atom. The lowest BCUT2D eigenvalue weighted by molar-refractivity contribution is 0.100. The first-order chi connectivity index (χ1) is 7.63. The number of ketones is 1. The summed E-state index contributed by atoms with van der Waals surface area (Å²) in [5.41, 5.74) is 5.44. The van der Waals surface area contributed by atoms with Crippen LogP contribution in [-0.2, 0) is 0 Å². The number of hydrogen-bond acceptors (Lipinski definition) is 4. The Hall–Kier alpha value is -2.07. The Morgan fingerprint density at radius 1 is 1.19 bits per heavy atom. The molecule has 4 nitrogen and oxygen atoms in total. The molecule has 0 aliphatic carbocycles. The standard InChI is InChI=1S/C12H11NO3/c13-6-11(16)12-9-5-8(14)3-1-7(9)2-4-10(12)15/h1-5,14-15H,6,13H2. The van der Waals surface area contributed by atoms with Crippen molar-refractivity contribution < 1.29 is 15.0 Å². The molecule has 0 aliphatic heterocycles. The van der Waals surface area contributed by atoms with E-state index in [1.807, 2.05) is 0 Å². The molecule has 0 aromatic heterocycles. The second kappa shape index (κ2) is 3.83. The maximum Gasteiger partial charge on any atom is 0.180 e. The van der Waals surface area contributed by atoms with Gasteiger partial charge in [0.1, 0.15) is 11.5 Å². The van der Waals surface area contributed by atoms with Gasteiger partial charge in [0.2, 0.25) is 0 Å². The van der Waals surface area contributed by atoms with Crippen LogP contribution in [-0.4, -0.2) is 22.5 Å². The van der Waals surface area contributed by atoms with Crippen molar-refractivity contribution in [3.63, 3.8) is 0 Å². The average Bonchev–Trinajstić information content (AvgIpc) is 2.28. The summed E-state index contributed by atoms with van der Waals surface area (Å²) < 4.78 is 0. The van der Waals surface area contributed by atoms with Crippen molar-refractivity contribution in [3.05, 3.63) is 35.9 Å². The van der Waals surface area contributed by atoms with Gasteiger partial charge in [-0.25, -0.2) is 0 Å². The van der Waals surface area contributed by atoms with E-state index in [0.717, 1.165) is 5.39 Å². The predicted octanol–water partition coefficient (Wildman–Crippen LogP) is 1.39. The molecule has 0 atom stereocenters. The van der Waals surface area contributed by atoms with E-state index >= 15 is 0 Å². The van der Waals surface area contributed by atoms with Crippen LogP contribution in [0.4, 0.5) is 0 Å². The van der Waals surface area contributed by atoms with Crippen molar-refractivity contribution in [2.24, 2.45) is 5.73 Å². The van der Waals surface area contributed by atoms with Crippen molar-refractivity contribution in [2.45, 2.75) is 0 Å². The van der Waals surface area contributed by atoms with Gasteiger partial charge in [0.05, 0.1) is 12.1 Å². The first-order valence-corrected chi connectivity index (χ1v) is 4.81. The van der Waals surface area contributed by atoms with Crippen molar-refractivity contribution in [1.82, 2.24) is 0 Å². The Bertz CT molecular complexity index is 558. The van der Waals surface area contributed by atoms with E-state index in [-0.39, 0.29) is 29.4 Å². The SMILES string of the molecule is NCC(=O)c1c(O)ccc2ccc(O)cc12. The van der Waals surface area contributed by atoms with Gasteiger partial charge in [-0.1, -0.05) is 12.1 Å². The minimum atomic E-state index is -0.353. The number of phenols is 2. The zero-order chi connectivity index (χ0) is 11.7. The molecule has 0 bridgehead atoms. The zero-order valence-electron chi connectivity index (χ0n) is 8.47. The number of Topliss-reactive ketones (excluding diaryl/α,β-unsaturated/α-hetero) is 1. The predicted molar refractivity (Wildman–Crippen MR) is 60.7 cm³/mol. The quantitative estimate of drug-likeness (QED) is 0.664. The summed E-state index contributed by atoms with van der Waals surface area (Å²) >= 11 is 0. The van der Waals surface area contributed by atoms with Gasteiger partial charge < -0.3 is 15.9 Å². The van der Waals surface area contributed by atoms with Gasteiger partial charge >= 0.3 is 0 Å². The lowest BCUT2D eigenvalue weighted by Crippen LogP contribution is -2.14. The summed E-state index contributed by atoms with van der Waals surface area (Å²) in [5, 5.41) is 20.3. The molecule has 0 saturated heterocycles. The maximum atomic E-state index is 11.6. The van der Waals surface area contributed by atoms with E-state index in [2.05, 4.69) is 0 Å². The van der Waals surface area contributed by atoms with Gasteiger partial charge in [-0.2, -0.15) is 0 Å². The Balaban J connectivity index is 2.82. The number of nitrogens with two attached hydrogens (primary N) is 1. The van der Waals surface area contributed by atoms with Crippen LogP contribution in [0.25, 0.3) is 10.8 Å². The van der Waals surface area contributed by atoms with Crippen LogP contribution < -0.4 is 5.73 Å². The molecule has 2 rings (SSSR count). The van der Waals surface area contributed by atoms with E-state index in [9.17, 15) is 15.0 Å². The third-order valence-corrected chi connectivity index (χ3v) is 2.45. The molecule has 0 amide bonds. The number of phenolic OH excluding ortho intramolecular Hbond substituents is 2. The lowest BCUT2D eigenvalue weighted by Gasteiger charge is -2.07. The van der Waals surface area contributed by atoms with Crippen molar-refractivity contribution in [2.75, 3.05) is 6.54 Å². The highest BCUT2D eigenvalue weighted by Crippen LogP contribution is 2.29. The smallest absolute Gasteiger partial charge is 0.180 e. The molecule has 0 saturated carbocycles. The van der Waals surface area contributed by atoms with Crippen LogP contribution in [0.1, 0.15) is 10.4 Å². The van der Waals surface area contributed by atoms with E-state index in [4.69, 9.17) is 5.73 Å². The highest BCUT2D eigenvalue weighted by molar-refractivity contribution is 6.11. The van der Waals surface area contributed by atoms with Crippen LogP contribution >= 0.6 is 0 Å². The molecule has 0 heterocycles. The highest BCUT2D eigenvalue weighted by atomic mass is 16.3. The molecule has 16 heavy (non-hydrogen) atoms. The molecular formula is C12H11NO3. The maximum absolute atomic E-state index is 11.6. The van der Waals surface area contributed by atoms with E-state index < -0.39 is 0 Å². The third-order valence-electron chi connectivity index (χ3n) is 2.45. The van der Waals surface area contributed by atoms with Gasteiger partial charge in [0, 0.05) is 0 Å². The van der Waals surface area contributed by atoms with Gasteiger partial charge in [0.25, 0.3) is 0 Å². The first-order valence-electron chi connectivity index (χ1n) is 4.81. The van der Waals surface area contributed by atoms with E-state index in [1.54, 1.807) is 12.1 Å². The molecule has 0 unspecified atom stereocenters. The van der Waals surface area contributed by atoms with E-state index in [0.29, 0.717) is 5.39 Å². The number of hydrogen-bond donors (Lipinski definition) is 3. The largest absolute Gasteiger partial charge is 0.508 e. The van der Waals surface area contributed by atoms with Crippen molar-refractivity contribution >= 4 is 16.6 Å². The van der Waals surface area contributed by atoms with Crippen LogP contribution in [0.5, 0.6) is 11.5 Å². The molecule has 0 spiro atoms. The molecule has 0 fully saturated rings. The second-order valence-electron chi connectivity index (χ2n) is 3.49. The molecule has 2 aromatic carbocycles. The normalized spacial score (nSPS) is 10.6. The zero-order valence-corrected chi connectivity index (χ0v) is 8.47. The Kier molecular flexibility index (Phi) is 2.50. The average molecular weight is 217 g/mol. The number of fused-ring (bicyclic) bond motifs is 1. The molecule has 4 N–H and O–H groups in total. The summed E-state index contributed by atoms with van der Waals surface area (Å²) in [5.74, 6) is -0.425. The summed E-state index contributed by atoms with van der Waals surface area (Å²) in [4.78, 5) is 11.6. The molecular weight excluding hydrogens is 206 g/mol. The van der Waals surface area contributed by atoms with Crippen molar-refractivity contribution in [1.29, 1.82) is 0 Å². The van der Waals surface area contributed by atoms with Crippen LogP contribution in [0, 0.1) is 0 Å². The minimum Gasteiger partial charge on any atom is -0.508 e. The first kappa shape index (κ1) is 10.4. The lowest BCUT2D eigenvalue weighted by atomic mass is 10.00. The fraction of sp³-hybridized carbons (Fsp3) is 0.0833. The van der Waals surface area contributed by atoms with Gasteiger partial charge in [0.15, 0.2) is 5.78 Å². The van der Waals surface area contributed by atoms with Gasteiger partial charge in [-0.15, -0.1) is 0 Å². The van der Waals surface area contributed by atoms with Gasteiger partial charge in [-0.05, 0) is 29.0 Å². The molecule has 2 aromatic rings. The van der Waals surface area contributed by atoms with E-state index in [1.165, 1.54) is 18.2 Å². The van der Waals surface area contributed by atoms with Crippen LogP contribution in [0.15, 0.2) is 30.3 Å². The summed E-state index contributed by atoms with van der Waals surface area (Å²) in [6.45, 7) is -0.178. The fourth-order valence-electron chi connectivity index (χ4n) is 1.69. The monoisotopic (exact) mass is 217 g/mol. The van der Waals surface area contributed by atoms with Crippen molar-refractivity contribution in [3.8, 4) is 11.5 Å². The highest BCUT2D eigenvalue weighted by Gasteiger charge is 2.14. The van der Waals surface area contributed by atoms with Crippen LogP contribution in [0.3, 0.4) is 0 Å². The molecule has 82 valence electrons.